The standard InChI is InChI=1S/C26H23N7O4/c1-35-19-4-2-18(3-5-19)33(15-34)26-30-12-17(13-31-26)32-25-16(10-27)11-29-23-9-24(22(28)8-21(23)25)37-20-6-7-36-14-20/h2-5,8-9,11-13,15,20H,6-7,14,28H2,1H3,(H,29,32). The lowest BCUT2D eigenvalue weighted by Gasteiger charge is -2.17. The average Bonchev–Trinajstić information content (AvgIpc) is 3.44. The first kappa shape index (κ1) is 23.8. The van der Waals surface area contributed by atoms with Gasteiger partial charge in [0.1, 0.15) is 23.7 Å². The number of ether oxygens (including phenoxy) is 3. The Morgan fingerprint density at radius 3 is 2.62 bits per heavy atom. The summed E-state index contributed by atoms with van der Waals surface area (Å²) < 4.78 is 16.5. The maximum atomic E-state index is 11.8. The molecule has 11 heteroatoms. The molecular formula is C26H23N7O4. The predicted octanol–water partition coefficient (Wildman–Crippen LogP) is 3.69. The summed E-state index contributed by atoms with van der Waals surface area (Å²) in [6, 6.07) is 12.6. The third-order valence-corrected chi connectivity index (χ3v) is 5.88. The van der Waals surface area contributed by atoms with Gasteiger partial charge in [-0.1, -0.05) is 0 Å². The number of fused-ring (bicyclic) bond motifs is 1. The van der Waals surface area contributed by atoms with Gasteiger partial charge in [0.2, 0.25) is 12.4 Å². The van der Waals surface area contributed by atoms with Crippen LogP contribution in [0.4, 0.5) is 28.7 Å². The first-order valence-corrected chi connectivity index (χ1v) is 11.4. The van der Waals surface area contributed by atoms with Gasteiger partial charge < -0.3 is 25.3 Å². The zero-order valence-corrected chi connectivity index (χ0v) is 19.9. The van der Waals surface area contributed by atoms with Gasteiger partial charge >= 0.3 is 0 Å². The molecule has 1 atom stereocenters. The molecule has 1 fully saturated rings. The number of nitrogen functional groups attached to an aromatic ring is 1. The van der Waals surface area contributed by atoms with Crippen molar-refractivity contribution < 1.29 is 19.0 Å². The fraction of sp³-hybridized carbons (Fsp3) is 0.192. The van der Waals surface area contributed by atoms with Crippen LogP contribution in [0.1, 0.15) is 12.0 Å². The van der Waals surface area contributed by atoms with Crippen molar-refractivity contribution in [2.45, 2.75) is 12.5 Å². The molecule has 1 amide bonds. The number of nitrogens with two attached hydrogens (primary N) is 1. The van der Waals surface area contributed by atoms with Gasteiger partial charge in [-0.3, -0.25) is 14.7 Å². The Morgan fingerprint density at radius 2 is 1.97 bits per heavy atom. The van der Waals surface area contributed by atoms with Crippen LogP contribution in [-0.2, 0) is 9.53 Å². The number of carbonyl (C=O) groups excluding carboxylic acids is 1. The lowest BCUT2D eigenvalue weighted by atomic mass is 10.1. The van der Waals surface area contributed by atoms with E-state index in [-0.39, 0.29) is 12.1 Å². The minimum absolute atomic E-state index is 0.0600. The number of methoxy groups -OCH3 is 1. The molecule has 4 aromatic rings. The number of rotatable bonds is 8. The molecule has 0 saturated carbocycles. The first-order chi connectivity index (χ1) is 18.1. The van der Waals surface area contributed by atoms with Gasteiger partial charge in [-0.25, -0.2) is 9.97 Å². The zero-order chi connectivity index (χ0) is 25.8. The molecule has 1 aliphatic rings. The molecule has 2 aromatic heterocycles. The van der Waals surface area contributed by atoms with Crippen molar-refractivity contribution in [3.63, 3.8) is 0 Å². The van der Waals surface area contributed by atoms with Crippen molar-refractivity contribution in [3.05, 3.63) is 60.6 Å². The Morgan fingerprint density at radius 1 is 1.19 bits per heavy atom. The Balaban J connectivity index is 1.43. The van der Waals surface area contributed by atoms with Gasteiger partial charge in [0.05, 0.1) is 66.5 Å². The van der Waals surface area contributed by atoms with Gasteiger partial charge in [-0.2, -0.15) is 5.26 Å². The fourth-order valence-electron chi connectivity index (χ4n) is 3.96. The van der Waals surface area contributed by atoms with E-state index < -0.39 is 0 Å². The highest BCUT2D eigenvalue weighted by atomic mass is 16.5. The van der Waals surface area contributed by atoms with E-state index >= 15 is 0 Å². The predicted molar refractivity (Wildman–Crippen MR) is 137 cm³/mol. The van der Waals surface area contributed by atoms with E-state index in [0.29, 0.717) is 70.3 Å². The van der Waals surface area contributed by atoms with Crippen molar-refractivity contribution in [2.75, 3.05) is 36.3 Å². The maximum Gasteiger partial charge on any atom is 0.236 e. The summed E-state index contributed by atoms with van der Waals surface area (Å²) in [5, 5.41) is 13.5. The van der Waals surface area contributed by atoms with Crippen LogP contribution in [0.2, 0.25) is 0 Å². The van der Waals surface area contributed by atoms with E-state index in [1.807, 2.05) is 0 Å². The second-order valence-electron chi connectivity index (χ2n) is 8.24. The minimum Gasteiger partial charge on any atom is -0.497 e. The molecule has 11 nitrogen and oxygen atoms in total. The quantitative estimate of drug-likeness (QED) is 0.273. The monoisotopic (exact) mass is 497 g/mol. The number of aromatic nitrogens is 3. The summed E-state index contributed by atoms with van der Waals surface area (Å²) in [6.45, 7) is 1.17. The lowest BCUT2D eigenvalue weighted by Crippen LogP contribution is -2.17. The van der Waals surface area contributed by atoms with Gasteiger partial charge in [0.15, 0.2) is 0 Å². The van der Waals surface area contributed by atoms with Crippen LogP contribution in [0.25, 0.3) is 10.9 Å². The van der Waals surface area contributed by atoms with Crippen LogP contribution >= 0.6 is 0 Å². The Bertz CT molecular complexity index is 1460. The number of benzene rings is 2. The van der Waals surface area contributed by atoms with E-state index in [0.717, 1.165) is 6.42 Å². The SMILES string of the molecule is COc1ccc(N(C=O)c2ncc(Nc3c(C#N)cnc4cc(OC5CCOC5)c(N)cc34)cn2)cc1. The third-order valence-electron chi connectivity index (χ3n) is 5.88. The summed E-state index contributed by atoms with van der Waals surface area (Å²) in [5.41, 5.74) is 9.24. The number of pyridine rings is 1. The fourth-order valence-corrected chi connectivity index (χ4v) is 3.96. The molecule has 0 radical (unpaired) electrons. The Hall–Kier alpha value is -4.95. The van der Waals surface area contributed by atoms with E-state index in [9.17, 15) is 10.1 Å². The number of nitrogens with zero attached hydrogens (tertiary/aromatic N) is 5. The molecule has 3 heterocycles. The van der Waals surface area contributed by atoms with Crippen LogP contribution in [0, 0.1) is 11.3 Å². The van der Waals surface area contributed by atoms with Crippen molar-refractivity contribution in [2.24, 2.45) is 0 Å². The highest BCUT2D eigenvalue weighted by Crippen LogP contribution is 2.35. The second-order valence-corrected chi connectivity index (χ2v) is 8.24. The number of nitriles is 1. The van der Waals surface area contributed by atoms with Crippen LogP contribution in [0.15, 0.2) is 55.0 Å². The molecule has 3 N–H and O–H groups in total. The number of amides is 1. The number of hydrogen-bond donors (Lipinski definition) is 2. The van der Waals surface area contributed by atoms with Crippen molar-refractivity contribution >= 4 is 46.0 Å². The Labute approximate surface area is 212 Å². The van der Waals surface area contributed by atoms with Gasteiger partial charge in [-0.05, 0) is 30.3 Å². The largest absolute Gasteiger partial charge is 0.497 e. The summed E-state index contributed by atoms with van der Waals surface area (Å²) >= 11 is 0. The molecule has 0 bridgehead atoms. The molecule has 1 saturated heterocycles. The summed E-state index contributed by atoms with van der Waals surface area (Å²) in [6.07, 6.45) is 5.90. The van der Waals surface area contributed by atoms with E-state index in [2.05, 4.69) is 26.3 Å². The van der Waals surface area contributed by atoms with Crippen LogP contribution < -0.4 is 25.4 Å². The summed E-state index contributed by atoms with van der Waals surface area (Å²) in [5.74, 6) is 1.37. The third kappa shape index (κ3) is 4.91. The number of carbonyl (C=O) groups is 1. The molecule has 1 unspecified atom stereocenters. The maximum absolute atomic E-state index is 11.8. The number of anilines is 5. The molecule has 37 heavy (non-hydrogen) atoms. The van der Waals surface area contributed by atoms with Gasteiger partial charge in [0.25, 0.3) is 0 Å². The normalized spacial score (nSPS) is 14.6. The smallest absolute Gasteiger partial charge is 0.236 e. The van der Waals surface area contributed by atoms with Gasteiger partial charge in [0, 0.05) is 24.1 Å². The number of nitrogens with one attached hydrogen (secondary N) is 1. The minimum atomic E-state index is -0.0600. The Kier molecular flexibility index (Phi) is 6.65. The molecule has 0 aliphatic carbocycles. The highest BCUT2D eigenvalue weighted by Gasteiger charge is 2.20. The van der Waals surface area contributed by atoms with Gasteiger partial charge in [-0.15, -0.1) is 0 Å². The van der Waals surface area contributed by atoms with Crippen molar-refractivity contribution in [3.8, 4) is 17.6 Å². The molecule has 1 aliphatic heterocycles. The highest BCUT2D eigenvalue weighted by molar-refractivity contribution is 5.98. The lowest BCUT2D eigenvalue weighted by molar-refractivity contribution is -0.106. The van der Waals surface area contributed by atoms with Crippen LogP contribution in [-0.4, -0.2) is 47.8 Å². The topological polar surface area (TPSA) is 149 Å². The second kappa shape index (κ2) is 10.3. The molecule has 0 spiro atoms. The van der Waals surface area contributed by atoms with Crippen LogP contribution in [0.3, 0.4) is 0 Å². The average molecular weight is 498 g/mol. The zero-order valence-electron chi connectivity index (χ0n) is 19.9. The van der Waals surface area contributed by atoms with Crippen molar-refractivity contribution in [1.82, 2.24) is 15.0 Å². The molecule has 2 aromatic carbocycles. The first-order valence-electron chi connectivity index (χ1n) is 11.4. The van der Waals surface area contributed by atoms with Crippen molar-refractivity contribution in [1.29, 1.82) is 5.26 Å². The molecule has 5 rings (SSSR count). The molecule has 186 valence electrons. The van der Waals surface area contributed by atoms with Crippen LogP contribution in [0.5, 0.6) is 11.5 Å². The molecular weight excluding hydrogens is 474 g/mol. The number of hydrogen-bond acceptors (Lipinski definition) is 10. The summed E-state index contributed by atoms with van der Waals surface area (Å²) in [4.78, 5) is 26.1. The van der Waals surface area contributed by atoms with E-state index in [1.165, 1.54) is 23.5 Å². The summed E-state index contributed by atoms with van der Waals surface area (Å²) in [7, 11) is 1.57. The van der Waals surface area contributed by atoms with E-state index in [4.69, 9.17) is 19.9 Å². The van der Waals surface area contributed by atoms with E-state index in [1.54, 1.807) is 43.5 Å².